The second-order valence-electron chi connectivity index (χ2n) is 5.98. The molecule has 3 rings (SSSR count). The van der Waals surface area contributed by atoms with Crippen molar-refractivity contribution in [2.45, 2.75) is 18.6 Å². The van der Waals surface area contributed by atoms with Crippen LogP contribution >= 0.6 is 23.4 Å². The Labute approximate surface area is 160 Å². The van der Waals surface area contributed by atoms with E-state index in [1.165, 1.54) is 23.9 Å². The van der Waals surface area contributed by atoms with Crippen molar-refractivity contribution < 1.29 is 14.0 Å². The van der Waals surface area contributed by atoms with Crippen LogP contribution in [0.2, 0.25) is 5.02 Å². The minimum absolute atomic E-state index is 0.0703. The van der Waals surface area contributed by atoms with Crippen LogP contribution in [0.4, 0.5) is 15.8 Å². The zero-order valence-corrected chi connectivity index (χ0v) is 15.6. The third-order valence-electron chi connectivity index (χ3n) is 4.01. The van der Waals surface area contributed by atoms with Crippen molar-refractivity contribution in [3.63, 3.8) is 0 Å². The number of carbonyl (C=O) groups is 2. The molecule has 1 saturated heterocycles. The van der Waals surface area contributed by atoms with Crippen LogP contribution in [0.5, 0.6) is 0 Å². The summed E-state index contributed by atoms with van der Waals surface area (Å²) in [7, 11) is 0. The average molecular weight is 393 g/mol. The predicted octanol–water partition coefficient (Wildman–Crippen LogP) is 4.48. The van der Waals surface area contributed by atoms with Gasteiger partial charge in [-0.1, -0.05) is 23.7 Å². The first-order valence-corrected chi connectivity index (χ1v) is 9.78. The normalized spacial score (nSPS) is 13.9. The van der Waals surface area contributed by atoms with Gasteiger partial charge in [-0.05, 0) is 42.3 Å². The van der Waals surface area contributed by atoms with Crippen molar-refractivity contribution in [1.29, 1.82) is 0 Å². The minimum atomic E-state index is -0.271. The van der Waals surface area contributed by atoms with E-state index in [0.29, 0.717) is 35.1 Å². The van der Waals surface area contributed by atoms with Gasteiger partial charge in [0.25, 0.3) is 0 Å². The van der Waals surface area contributed by atoms with Crippen molar-refractivity contribution in [3.05, 3.63) is 58.9 Å². The molecule has 2 amide bonds. The van der Waals surface area contributed by atoms with Gasteiger partial charge in [-0.2, -0.15) is 0 Å². The highest BCUT2D eigenvalue weighted by atomic mass is 35.5. The third kappa shape index (κ3) is 4.77. The molecule has 0 aliphatic carbocycles. The lowest BCUT2D eigenvalue weighted by Gasteiger charge is -2.18. The molecule has 2 aromatic rings. The number of amides is 2. The smallest absolute Gasteiger partial charge is 0.234 e. The molecule has 0 radical (unpaired) electrons. The highest BCUT2D eigenvalue weighted by molar-refractivity contribution is 7.99. The van der Waals surface area contributed by atoms with Crippen LogP contribution in [-0.2, 0) is 15.3 Å². The van der Waals surface area contributed by atoms with Crippen molar-refractivity contribution in [1.82, 2.24) is 0 Å². The zero-order valence-electron chi connectivity index (χ0n) is 14.0. The molecule has 1 heterocycles. The van der Waals surface area contributed by atoms with Crippen LogP contribution < -0.4 is 10.2 Å². The fraction of sp³-hybridized carbons (Fsp3) is 0.263. The molecule has 1 aliphatic heterocycles. The Morgan fingerprint density at radius 3 is 2.65 bits per heavy atom. The Morgan fingerprint density at radius 1 is 1.23 bits per heavy atom. The first-order valence-electron chi connectivity index (χ1n) is 8.25. The van der Waals surface area contributed by atoms with Crippen molar-refractivity contribution >= 4 is 46.6 Å². The van der Waals surface area contributed by atoms with Gasteiger partial charge in [0.15, 0.2) is 0 Å². The van der Waals surface area contributed by atoms with Gasteiger partial charge in [-0.25, -0.2) is 4.39 Å². The summed E-state index contributed by atoms with van der Waals surface area (Å²) in [6, 6.07) is 11.4. The van der Waals surface area contributed by atoms with E-state index in [4.69, 9.17) is 11.6 Å². The quantitative estimate of drug-likeness (QED) is 0.788. The van der Waals surface area contributed by atoms with E-state index in [1.807, 2.05) is 0 Å². The topological polar surface area (TPSA) is 49.4 Å². The number of carbonyl (C=O) groups excluding carboxylic acids is 2. The lowest BCUT2D eigenvalue weighted by atomic mass is 10.2. The lowest BCUT2D eigenvalue weighted by Crippen LogP contribution is -2.24. The number of hydrogen-bond acceptors (Lipinski definition) is 3. The summed E-state index contributed by atoms with van der Waals surface area (Å²) in [6.07, 6.45) is 1.37. The molecule has 4 nitrogen and oxygen atoms in total. The monoisotopic (exact) mass is 392 g/mol. The van der Waals surface area contributed by atoms with E-state index in [9.17, 15) is 14.0 Å². The van der Waals surface area contributed by atoms with Crippen LogP contribution in [0.25, 0.3) is 0 Å². The molecule has 26 heavy (non-hydrogen) atoms. The summed E-state index contributed by atoms with van der Waals surface area (Å²) in [5.41, 5.74) is 2.24. The van der Waals surface area contributed by atoms with Gasteiger partial charge < -0.3 is 10.2 Å². The number of hydrogen-bond donors (Lipinski definition) is 1. The van der Waals surface area contributed by atoms with Gasteiger partial charge in [-0.3, -0.25) is 9.59 Å². The third-order valence-corrected chi connectivity index (χ3v) is 5.32. The fourth-order valence-electron chi connectivity index (χ4n) is 2.75. The summed E-state index contributed by atoms with van der Waals surface area (Å²) in [4.78, 5) is 25.6. The molecule has 0 atom stereocenters. The van der Waals surface area contributed by atoms with E-state index in [0.717, 1.165) is 12.0 Å². The molecule has 1 fully saturated rings. The number of halogens is 2. The van der Waals surface area contributed by atoms with Gasteiger partial charge in [0, 0.05) is 24.4 Å². The zero-order chi connectivity index (χ0) is 18.5. The Kier molecular flexibility index (Phi) is 6.16. The summed E-state index contributed by atoms with van der Waals surface area (Å²) >= 11 is 7.72. The number of thioether (sulfide) groups is 1. The molecular formula is C19H18ClFN2O2S. The molecule has 136 valence electrons. The maximum atomic E-state index is 12.9. The van der Waals surface area contributed by atoms with Gasteiger partial charge >= 0.3 is 0 Å². The summed E-state index contributed by atoms with van der Waals surface area (Å²) < 4.78 is 12.9. The molecule has 7 heteroatoms. The fourth-order valence-corrected chi connectivity index (χ4v) is 3.82. The summed E-state index contributed by atoms with van der Waals surface area (Å²) in [5.74, 6) is 0.567. The molecule has 1 aliphatic rings. The van der Waals surface area contributed by atoms with Crippen LogP contribution in [0.1, 0.15) is 18.4 Å². The van der Waals surface area contributed by atoms with Gasteiger partial charge in [-0.15, -0.1) is 11.8 Å². The van der Waals surface area contributed by atoms with E-state index in [2.05, 4.69) is 5.32 Å². The first-order chi connectivity index (χ1) is 12.5. The van der Waals surface area contributed by atoms with E-state index in [1.54, 1.807) is 35.2 Å². The number of rotatable bonds is 6. The highest BCUT2D eigenvalue weighted by Crippen LogP contribution is 2.31. The number of benzene rings is 2. The van der Waals surface area contributed by atoms with Gasteiger partial charge in [0.1, 0.15) is 5.82 Å². The molecule has 2 aromatic carbocycles. The average Bonchev–Trinajstić information content (AvgIpc) is 3.03. The lowest BCUT2D eigenvalue weighted by molar-refractivity contribution is -0.117. The van der Waals surface area contributed by atoms with Crippen molar-refractivity contribution in [3.8, 4) is 0 Å². The van der Waals surface area contributed by atoms with E-state index in [-0.39, 0.29) is 23.4 Å². The van der Waals surface area contributed by atoms with Crippen molar-refractivity contribution in [2.75, 3.05) is 22.5 Å². The van der Waals surface area contributed by atoms with Gasteiger partial charge in [0.05, 0.1) is 16.5 Å². The summed E-state index contributed by atoms with van der Waals surface area (Å²) in [6.45, 7) is 0.671. The van der Waals surface area contributed by atoms with Crippen LogP contribution in [0.3, 0.4) is 0 Å². The van der Waals surface area contributed by atoms with Crippen LogP contribution in [0.15, 0.2) is 42.5 Å². The second-order valence-corrected chi connectivity index (χ2v) is 7.38. The minimum Gasteiger partial charge on any atom is -0.325 e. The highest BCUT2D eigenvalue weighted by Gasteiger charge is 2.23. The largest absolute Gasteiger partial charge is 0.325 e. The Balaban J connectivity index is 1.51. The Hall–Kier alpha value is -2.05. The standard InChI is InChI=1S/C19H18ClFN2O2S/c20-16-10-15(7-8-17(16)23-9-1-2-19(23)25)22-18(24)12-26-11-13-3-5-14(21)6-4-13/h3-8,10H,1-2,9,11-12H2,(H,22,24). The Morgan fingerprint density at radius 2 is 2.00 bits per heavy atom. The molecular weight excluding hydrogens is 375 g/mol. The molecule has 1 N–H and O–H groups in total. The van der Waals surface area contributed by atoms with Crippen LogP contribution in [-0.4, -0.2) is 24.1 Å². The first kappa shape index (κ1) is 18.7. The maximum absolute atomic E-state index is 12.9. The molecule has 0 bridgehead atoms. The Bertz CT molecular complexity index is 814. The number of anilines is 2. The molecule has 0 aromatic heterocycles. The number of nitrogens with zero attached hydrogens (tertiary/aromatic N) is 1. The number of nitrogens with one attached hydrogen (secondary N) is 1. The molecule has 0 saturated carbocycles. The summed E-state index contributed by atoms with van der Waals surface area (Å²) in [5, 5.41) is 3.24. The predicted molar refractivity (Wildman–Crippen MR) is 104 cm³/mol. The van der Waals surface area contributed by atoms with Crippen molar-refractivity contribution in [2.24, 2.45) is 0 Å². The van der Waals surface area contributed by atoms with E-state index < -0.39 is 0 Å². The van der Waals surface area contributed by atoms with E-state index >= 15 is 0 Å². The SMILES string of the molecule is O=C(CSCc1ccc(F)cc1)Nc1ccc(N2CCCC2=O)c(Cl)c1. The second kappa shape index (κ2) is 8.56. The maximum Gasteiger partial charge on any atom is 0.234 e. The van der Waals surface area contributed by atoms with Crippen LogP contribution in [0, 0.1) is 5.82 Å². The van der Waals surface area contributed by atoms with Gasteiger partial charge in [0.2, 0.25) is 11.8 Å². The molecule has 0 unspecified atom stereocenters. The molecule has 0 spiro atoms.